The second-order valence-corrected chi connectivity index (χ2v) is 7.44. The van der Waals surface area contributed by atoms with Gasteiger partial charge in [-0.05, 0) is 24.6 Å². The van der Waals surface area contributed by atoms with Crippen LogP contribution in [0.15, 0.2) is 24.5 Å². The zero-order valence-corrected chi connectivity index (χ0v) is 16.1. The van der Waals surface area contributed by atoms with Crippen molar-refractivity contribution in [2.75, 3.05) is 30.8 Å². The Morgan fingerprint density at radius 2 is 2.11 bits per heavy atom. The highest BCUT2D eigenvalue weighted by molar-refractivity contribution is 5.90. The van der Waals surface area contributed by atoms with Crippen LogP contribution in [0.2, 0.25) is 0 Å². The Balaban J connectivity index is 1.62. The van der Waals surface area contributed by atoms with E-state index < -0.39 is 5.60 Å². The van der Waals surface area contributed by atoms with Crippen molar-refractivity contribution >= 4 is 17.4 Å². The minimum absolute atomic E-state index is 0.330. The zero-order chi connectivity index (χ0) is 19.9. The van der Waals surface area contributed by atoms with Crippen LogP contribution in [0, 0.1) is 18.8 Å². The molecular formula is C21H23N5O2. The molecule has 0 spiro atoms. The molecule has 0 radical (unpaired) electrons. The molecule has 7 nitrogen and oxygen atoms in total. The second kappa shape index (κ2) is 6.80. The third-order valence-corrected chi connectivity index (χ3v) is 5.51. The van der Waals surface area contributed by atoms with Crippen LogP contribution in [-0.4, -0.2) is 51.6 Å². The molecule has 7 heteroatoms. The van der Waals surface area contributed by atoms with Gasteiger partial charge in [0.2, 0.25) is 5.60 Å². The highest BCUT2D eigenvalue weighted by Gasteiger charge is 2.42. The minimum Gasteiger partial charge on any atom is -0.383 e. The maximum absolute atomic E-state index is 12.1. The molecule has 28 heavy (non-hydrogen) atoms. The predicted octanol–water partition coefficient (Wildman–Crippen LogP) is 0.875. The van der Waals surface area contributed by atoms with Crippen molar-refractivity contribution in [3.05, 3.63) is 46.9 Å². The normalized spacial score (nSPS) is 21.3. The minimum atomic E-state index is -1.59. The number of likely N-dealkylation sites (N-methyl/N-ethyl adjacent to an activating group) is 1. The lowest BCUT2D eigenvalue weighted by Gasteiger charge is -2.31. The number of benzene rings is 1. The lowest BCUT2D eigenvalue weighted by molar-refractivity contribution is -0.137. The van der Waals surface area contributed by atoms with Gasteiger partial charge in [0.1, 0.15) is 12.1 Å². The number of nitrogens with two attached hydrogens (primary N) is 1. The fourth-order valence-electron chi connectivity index (χ4n) is 3.74. The number of aliphatic hydroxyl groups is 1. The van der Waals surface area contributed by atoms with Crippen LogP contribution in [-0.2, 0) is 17.8 Å². The molecule has 2 aromatic rings. The molecule has 2 aliphatic heterocycles. The van der Waals surface area contributed by atoms with Crippen LogP contribution in [0.3, 0.4) is 0 Å². The fraction of sp³-hybridized carbons (Fsp3) is 0.381. The van der Waals surface area contributed by atoms with Crippen LogP contribution in [0.1, 0.15) is 28.8 Å². The number of nitrogen functional groups attached to an aromatic ring is 1. The number of aromatic nitrogens is 2. The Kier molecular flexibility index (Phi) is 4.44. The first kappa shape index (κ1) is 18.3. The van der Waals surface area contributed by atoms with Crippen molar-refractivity contribution < 1.29 is 9.90 Å². The molecular weight excluding hydrogens is 354 g/mol. The van der Waals surface area contributed by atoms with Gasteiger partial charge in [-0.3, -0.25) is 4.79 Å². The number of anilines is 2. The molecule has 3 N–H and O–H groups in total. The van der Waals surface area contributed by atoms with E-state index in [-0.39, 0.29) is 5.91 Å². The second-order valence-electron chi connectivity index (χ2n) is 7.44. The van der Waals surface area contributed by atoms with Crippen LogP contribution in [0.4, 0.5) is 11.5 Å². The monoisotopic (exact) mass is 377 g/mol. The lowest BCUT2D eigenvalue weighted by Crippen LogP contribution is -2.37. The molecule has 0 bridgehead atoms. The van der Waals surface area contributed by atoms with E-state index in [0.29, 0.717) is 25.3 Å². The zero-order valence-electron chi connectivity index (χ0n) is 16.1. The maximum atomic E-state index is 12.1. The molecule has 1 fully saturated rings. The first-order valence-electron chi connectivity index (χ1n) is 9.32. The van der Waals surface area contributed by atoms with Gasteiger partial charge in [0.25, 0.3) is 5.91 Å². The molecule has 3 heterocycles. The summed E-state index contributed by atoms with van der Waals surface area (Å²) in [6, 6.07) is 5.92. The Hall–Kier alpha value is -3.11. The number of nitrogens with zero attached hydrogens (tertiary/aromatic N) is 4. The van der Waals surface area contributed by atoms with E-state index in [1.54, 1.807) is 7.05 Å². The van der Waals surface area contributed by atoms with E-state index >= 15 is 0 Å². The van der Waals surface area contributed by atoms with Gasteiger partial charge < -0.3 is 20.6 Å². The van der Waals surface area contributed by atoms with E-state index in [4.69, 9.17) is 5.73 Å². The van der Waals surface area contributed by atoms with E-state index in [2.05, 4.69) is 33.6 Å². The Bertz CT molecular complexity index is 1010. The number of amides is 1. The predicted molar refractivity (Wildman–Crippen MR) is 106 cm³/mol. The van der Waals surface area contributed by atoms with Gasteiger partial charge in [0, 0.05) is 56.3 Å². The standard InChI is InChI=1S/C21H23N5O2/c1-14-3-4-15(5-7-21(28)8-10-25(2)20(21)27)11-18(14)26-9-6-17-16(12-26)19(22)24-13-23-17/h3-4,11,13,28H,6,8-10,12H2,1-2H3,(H2,22,23,24)/t21-/m0/s1. The van der Waals surface area contributed by atoms with Crippen molar-refractivity contribution in [1.29, 1.82) is 0 Å². The summed E-state index contributed by atoms with van der Waals surface area (Å²) in [6.07, 6.45) is 2.64. The molecule has 1 aromatic carbocycles. The SMILES string of the molecule is Cc1ccc(C#C[C@]2(O)CCN(C)C2=O)cc1N1CCc2ncnc(N)c2C1. The van der Waals surface area contributed by atoms with Crippen molar-refractivity contribution in [1.82, 2.24) is 14.9 Å². The van der Waals surface area contributed by atoms with Gasteiger partial charge in [0.15, 0.2) is 0 Å². The largest absolute Gasteiger partial charge is 0.383 e. The molecule has 0 saturated carbocycles. The van der Waals surface area contributed by atoms with Gasteiger partial charge in [-0.1, -0.05) is 17.9 Å². The Labute approximate surface area is 164 Å². The van der Waals surface area contributed by atoms with E-state index in [1.807, 2.05) is 18.2 Å². The van der Waals surface area contributed by atoms with Crippen LogP contribution < -0.4 is 10.6 Å². The van der Waals surface area contributed by atoms with Crippen LogP contribution in [0.25, 0.3) is 0 Å². The molecule has 0 unspecified atom stereocenters. The van der Waals surface area contributed by atoms with Gasteiger partial charge in [-0.2, -0.15) is 0 Å². The summed E-state index contributed by atoms with van der Waals surface area (Å²) < 4.78 is 0. The highest BCUT2D eigenvalue weighted by Crippen LogP contribution is 2.29. The summed E-state index contributed by atoms with van der Waals surface area (Å²) in [5.74, 6) is 5.96. The fourth-order valence-corrected chi connectivity index (χ4v) is 3.74. The van der Waals surface area contributed by atoms with Crippen LogP contribution >= 0.6 is 0 Å². The summed E-state index contributed by atoms with van der Waals surface area (Å²) in [5.41, 5.74) is 9.37. The van der Waals surface area contributed by atoms with Gasteiger partial charge in [-0.15, -0.1) is 0 Å². The van der Waals surface area contributed by atoms with E-state index in [0.717, 1.165) is 41.0 Å². The number of carbonyl (C=O) groups is 1. The highest BCUT2D eigenvalue weighted by atomic mass is 16.3. The average molecular weight is 377 g/mol. The summed E-state index contributed by atoms with van der Waals surface area (Å²) in [5, 5.41) is 10.5. The van der Waals surface area contributed by atoms with Crippen molar-refractivity contribution in [3.63, 3.8) is 0 Å². The topological polar surface area (TPSA) is 95.6 Å². The lowest BCUT2D eigenvalue weighted by atomic mass is 10.0. The molecule has 2 aliphatic rings. The molecule has 1 atom stereocenters. The molecule has 1 aromatic heterocycles. The van der Waals surface area contributed by atoms with Crippen molar-refractivity contribution in [2.24, 2.45) is 0 Å². The van der Waals surface area contributed by atoms with Gasteiger partial charge in [0.05, 0.1) is 5.69 Å². The summed E-state index contributed by atoms with van der Waals surface area (Å²) in [6.45, 7) is 4.04. The number of carbonyl (C=O) groups excluding carboxylic acids is 1. The van der Waals surface area contributed by atoms with E-state index in [1.165, 1.54) is 11.2 Å². The first-order chi connectivity index (χ1) is 13.4. The number of hydrogen-bond donors (Lipinski definition) is 2. The van der Waals surface area contributed by atoms with E-state index in [9.17, 15) is 9.90 Å². The third kappa shape index (κ3) is 3.16. The van der Waals surface area contributed by atoms with Gasteiger partial charge in [-0.25, -0.2) is 9.97 Å². The Morgan fingerprint density at radius 1 is 1.29 bits per heavy atom. The third-order valence-electron chi connectivity index (χ3n) is 5.51. The number of fused-ring (bicyclic) bond motifs is 1. The summed E-state index contributed by atoms with van der Waals surface area (Å²) >= 11 is 0. The maximum Gasteiger partial charge on any atom is 0.267 e. The van der Waals surface area contributed by atoms with Gasteiger partial charge >= 0.3 is 0 Å². The first-order valence-corrected chi connectivity index (χ1v) is 9.32. The molecule has 4 rings (SSSR count). The number of rotatable bonds is 1. The summed E-state index contributed by atoms with van der Waals surface area (Å²) in [4.78, 5) is 24.3. The average Bonchev–Trinajstić information content (AvgIpc) is 2.95. The Morgan fingerprint density at radius 3 is 2.86 bits per heavy atom. The summed E-state index contributed by atoms with van der Waals surface area (Å²) in [7, 11) is 1.68. The molecule has 1 saturated heterocycles. The number of aryl methyl sites for hydroxylation is 1. The quantitative estimate of drug-likeness (QED) is 0.716. The van der Waals surface area contributed by atoms with Crippen molar-refractivity contribution in [3.8, 4) is 11.8 Å². The molecule has 1 amide bonds. The van der Waals surface area contributed by atoms with Crippen LogP contribution in [0.5, 0.6) is 0 Å². The number of likely N-dealkylation sites (tertiary alicyclic amines) is 1. The number of hydrogen-bond acceptors (Lipinski definition) is 6. The molecule has 144 valence electrons. The smallest absolute Gasteiger partial charge is 0.267 e. The van der Waals surface area contributed by atoms with Crippen molar-refractivity contribution in [2.45, 2.75) is 31.9 Å². The molecule has 0 aliphatic carbocycles.